The fourth-order valence-electron chi connectivity index (χ4n) is 2.07. The Hall–Kier alpha value is -2.01. The first-order chi connectivity index (χ1) is 10.2. The lowest BCUT2D eigenvalue weighted by atomic mass is 10.1. The highest BCUT2D eigenvalue weighted by Gasteiger charge is 2.16. The van der Waals surface area contributed by atoms with Crippen LogP contribution in [0.15, 0.2) is 37.1 Å². The molecule has 2 heterocycles. The largest absolute Gasteiger partial charge is 0.489 e. The van der Waals surface area contributed by atoms with Crippen molar-refractivity contribution in [2.45, 2.75) is 39.3 Å². The van der Waals surface area contributed by atoms with E-state index in [1.165, 1.54) is 0 Å². The van der Waals surface area contributed by atoms with Gasteiger partial charge in [-0.1, -0.05) is 6.92 Å². The third-order valence-electron chi connectivity index (χ3n) is 2.92. The number of hydrogen-bond acceptors (Lipinski definition) is 5. The van der Waals surface area contributed by atoms with E-state index in [4.69, 9.17) is 4.74 Å². The maximum Gasteiger partial charge on any atom is 0.138 e. The topological polar surface area (TPSA) is 59.9 Å². The zero-order valence-corrected chi connectivity index (χ0v) is 12.8. The third-order valence-corrected chi connectivity index (χ3v) is 2.92. The monoisotopic (exact) mass is 286 g/mol. The standard InChI is InChI=1S/C16H22N4O/c1-4-5-20-16(15-11-17-6-7-19-15)13-8-14(10-18-9-13)21-12(2)3/h6-12,16,20H,4-5H2,1-3H3. The Morgan fingerprint density at radius 2 is 2.00 bits per heavy atom. The summed E-state index contributed by atoms with van der Waals surface area (Å²) in [4.78, 5) is 12.8. The van der Waals surface area contributed by atoms with Gasteiger partial charge in [0.15, 0.2) is 0 Å². The number of aromatic nitrogens is 3. The Morgan fingerprint density at radius 1 is 1.14 bits per heavy atom. The van der Waals surface area contributed by atoms with E-state index < -0.39 is 0 Å². The van der Waals surface area contributed by atoms with Crippen LogP contribution in [0.25, 0.3) is 0 Å². The van der Waals surface area contributed by atoms with Crippen molar-refractivity contribution < 1.29 is 4.74 Å². The molecule has 2 rings (SSSR count). The summed E-state index contributed by atoms with van der Waals surface area (Å²) < 4.78 is 5.72. The molecule has 21 heavy (non-hydrogen) atoms. The van der Waals surface area contributed by atoms with Gasteiger partial charge in [0.1, 0.15) is 5.75 Å². The van der Waals surface area contributed by atoms with Gasteiger partial charge >= 0.3 is 0 Å². The van der Waals surface area contributed by atoms with Crippen LogP contribution in [0.4, 0.5) is 0 Å². The summed E-state index contributed by atoms with van der Waals surface area (Å²) in [6, 6.07) is 1.98. The van der Waals surface area contributed by atoms with Gasteiger partial charge in [0.05, 0.1) is 30.2 Å². The molecule has 1 unspecified atom stereocenters. The lowest BCUT2D eigenvalue weighted by molar-refractivity contribution is 0.241. The van der Waals surface area contributed by atoms with Crippen molar-refractivity contribution in [3.8, 4) is 5.75 Å². The summed E-state index contributed by atoms with van der Waals surface area (Å²) in [5.41, 5.74) is 1.91. The third kappa shape index (κ3) is 4.49. The highest BCUT2D eigenvalue weighted by Crippen LogP contribution is 2.23. The highest BCUT2D eigenvalue weighted by atomic mass is 16.5. The van der Waals surface area contributed by atoms with Crippen LogP contribution in [0.1, 0.15) is 44.5 Å². The Kier molecular flexibility index (Phi) is 5.63. The lowest BCUT2D eigenvalue weighted by Crippen LogP contribution is -2.24. The second-order valence-corrected chi connectivity index (χ2v) is 5.14. The molecule has 5 nitrogen and oxygen atoms in total. The molecule has 2 aromatic heterocycles. The summed E-state index contributed by atoms with van der Waals surface area (Å²) in [5, 5.41) is 3.48. The first kappa shape index (κ1) is 15.4. The predicted molar refractivity (Wildman–Crippen MR) is 82.2 cm³/mol. The Bertz CT molecular complexity index is 545. The van der Waals surface area contributed by atoms with E-state index in [0.29, 0.717) is 0 Å². The smallest absolute Gasteiger partial charge is 0.138 e. The van der Waals surface area contributed by atoms with E-state index in [1.54, 1.807) is 24.8 Å². The molecule has 0 radical (unpaired) electrons. The molecule has 5 heteroatoms. The van der Waals surface area contributed by atoms with Crippen molar-refractivity contribution in [2.24, 2.45) is 0 Å². The van der Waals surface area contributed by atoms with Crippen LogP contribution in [-0.4, -0.2) is 27.6 Å². The molecule has 2 aromatic rings. The van der Waals surface area contributed by atoms with Gasteiger partial charge in [0.2, 0.25) is 0 Å². The molecule has 0 amide bonds. The minimum Gasteiger partial charge on any atom is -0.489 e. The van der Waals surface area contributed by atoms with Gasteiger partial charge in [-0.15, -0.1) is 0 Å². The average molecular weight is 286 g/mol. The number of pyridine rings is 1. The summed E-state index contributed by atoms with van der Waals surface area (Å²) in [5.74, 6) is 0.773. The zero-order chi connectivity index (χ0) is 15.1. The molecule has 0 spiro atoms. The van der Waals surface area contributed by atoms with Crippen LogP contribution >= 0.6 is 0 Å². The van der Waals surface area contributed by atoms with Gasteiger partial charge in [0.25, 0.3) is 0 Å². The molecule has 0 bridgehead atoms. The van der Waals surface area contributed by atoms with Crippen molar-refractivity contribution in [1.82, 2.24) is 20.3 Å². The minimum atomic E-state index is -0.0261. The maximum atomic E-state index is 5.72. The van der Waals surface area contributed by atoms with E-state index in [1.807, 2.05) is 26.1 Å². The van der Waals surface area contributed by atoms with Crippen molar-refractivity contribution in [3.05, 3.63) is 48.3 Å². The summed E-state index contributed by atoms with van der Waals surface area (Å²) >= 11 is 0. The molecule has 0 fully saturated rings. The van der Waals surface area contributed by atoms with Crippen LogP contribution in [0, 0.1) is 0 Å². The molecule has 0 aromatic carbocycles. The average Bonchev–Trinajstić information content (AvgIpc) is 2.48. The SMILES string of the molecule is CCCNC(c1cncc(OC(C)C)c1)c1cnccn1. The molecule has 0 aliphatic heterocycles. The van der Waals surface area contributed by atoms with Gasteiger partial charge in [-0.05, 0) is 38.4 Å². The summed E-state index contributed by atoms with van der Waals surface area (Å²) in [6.45, 7) is 7.04. The molecule has 112 valence electrons. The molecule has 1 atom stereocenters. The van der Waals surface area contributed by atoms with E-state index in [2.05, 4.69) is 27.2 Å². The first-order valence-electron chi connectivity index (χ1n) is 7.31. The molecule has 0 saturated carbocycles. The Balaban J connectivity index is 2.28. The van der Waals surface area contributed by atoms with Gasteiger partial charge in [-0.2, -0.15) is 0 Å². The molecule has 0 saturated heterocycles. The fourth-order valence-corrected chi connectivity index (χ4v) is 2.07. The van der Waals surface area contributed by atoms with Crippen LogP contribution in [0.3, 0.4) is 0 Å². The number of nitrogens with zero attached hydrogens (tertiary/aromatic N) is 3. The van der Waals surface area contributed by atoms with Crippen LogP contribution in [0.2, 0.25) is 0 Å². The minimum absolute atomic E-state index is 0.0261. The molecule has 0 aliphatic rings. The molecule has 1 N–H and O–H groups in total. The van der Waals surface area contributed by atoms with E-state index in [0.717, 1.165) is 30.0 Å². The number of nitrogens with one attached hydrogen (secondary N) is 1. The van der Waals surface area contributed by atoms with Crippen molar-refractivity contribution in [3.63, 3.8) is 0 Å². The van der Waals surface area contributed by atoms with Gasteiger partial charge in [-0.3, -0.25) is 15.0 Å². The number of ether oxygens (including phenoxy) is 1. The summed E-state index contributed by atoms with van der Waals surface area (Å²) in [6.07, 6.45) is 9.91. The molecule has 0 aliphatic carbocycles. The van der Waals surface area contributed by atoms with E-state index in [-0.39, 0.29) is 12.1 Å². The second-order valence-electron chi connectivity index (χ2n) is 5.14. The van der Waals surface area contributed by atoms with E-state index >= 15 is 0 Å². The quantitative estimate of drug-likeness (QED) is 0.848. The molecular formula is C16H22N4O. The van der Waals surface area contributed by atoms with Crippen molar-refractivity contribution in [2.75, 3.05) is 6.54 Å². The normalized spacial score (nSPS) is 12.4. The summed E-state index contributed by atoms with van der Waals surface area (Å²) in [7, 11) is 0. The molecular weight excluding hydrogens is 264 g/mol. The van der Waals surface area contributed by atoms with Crippen LogP contribution in [0.5, 0.6) is 5.75 Å². The Labute approximate surface area is 125 Å². The second kappa shape index (κ2) is 7.69. The number of rotatable bonds is 7. The van der Waals surface area contributed by atoms with Crippen LogP contribution < -0.4 is 10.1 Å². The maximum absolute atomic E-state index is 5.72. The van der Waals surface area contributed by atoms with Gasteiger partial charge < -0.3 is 10.1 Å². The fraction of sp³-hybridized carbons (Fsp3) is 0.438. The zero-order valence-electron chi connectivity index (χ0n) is 12.8. The van der Waals surface area contributed by atoms with Gasteiger partial charge in [0, 0.05) is 18.6 Å². The lowest BCUT2D eigenvalue weighted by Gasteiger charge is -2.19. The predicted octanol–water partition coefficient (Wildman–Crippen LogP) is 2.75. The number of hydrogen-bond donors (Lipinski definition) is 1. The van der Waals surface area contributed by atoms with Crippen LogP contribution in [-0.2, 0) is 0 Å². The van der Waals surface area contributed by atoms with E-state index in [9.17, 15) is 0 Å². The first-order valence-corrected chi connectivity index (χ1v) is 7.31. The van der Waals surface area contributed by atoms with Crippen molar-refractivity contribution in [1.29, 1.82) is 0 Å². The van der Waals surface area contributed by atoms with Crippen molar-refractivity contribution >= 4 is 0 Å². The Morgan fingerprint density at radius 3 is 2.67 bits per heavy atom. The highest BCUT2D eigenvalue weighted by molar-refractivity contribution is 5.30. The van der Waals surface area contributed by atoms with Gasteiger partial charge in [-0.25, -0.2) is 0 Å².